The van der Waals surface area contributed by atoms with Gasteiger partial charge in [0.1, 0.15) is 0 Å². The van der Waals surface area contributed by atoms with E-state index in [1.54, 1.807) is 0 Å². The van der Waals surface area contributed by atoms with Gasteiger partial charge in [-0.05, 0) is 19.4 Å². The fourth-order valence-corrected chi connectivity index (χ4v) is 1.49. The molecule has 90 valence electrons. The van der Waals surface area contributed by atoms with Crippen LogP contribution in [0.1, 0.15) is 25.5 Å². The van der Waals surface area contributed by atoms with E-state index in [2.05, 4.69) is 24.4 Å². The second-order valence-electron chi connectivity index (χ2n) is 3.85. The minimum Gasteiger partial charge on any atom is -0.389 e. The Morgan fingerprint density at radius 2 is 2.00 bits per heavy atom. The van der Waals surface area contributed by atoms with Crippen LogP contribution in [0.25, 0.3) is 0 Å². The average Bonchev–Trinajstić information content (AvgIpc) is 2.34. The minimum atomic E-state index is -0.439. The van der Waals surface area contributed by atoms with E-state index in [-0.39, 0.29) is 6.04 Å². The maximum atomic E-state index is 9.59. The van der Waals surface area contributed by atoms with E-state index in [4.69, 9.17) is 4.74 Å². The smallest absolute Gasteiger partial charge is 0.0897 e. The molecule has 2 atom stereocenters. The lowest BCUT2D eigenvalue weighted by atomic mass is 10.1. The van der Waals surface area contributed by atoms with Crippen molar-refractivity contribution in [3.05, 3.63) is 35.9 Å². The molecule has 0 saturated heterocycles. The SMILES string of the molecule is CCOCC(O)CN[C@H](C)c1ccccc1. The van der Waals surface area contributed by atoms with Crippen molar-refractivity contribution in [2.45, 2.75) is 26.0 Å². The van der Waals surface area contributed by atoms with Crippen LogP contribution in [-0.2, 0) is 4.74 Å². The monoisotopic (exact) mass is 223 g/mol. The van der Waals surface area contributed by atoms with Gasteiger partial charge in [0.05, 0.1) is 12.7 Å². The van der Waals surface area contributed by atoms with Crippen molar-refractivity contribution < 1.29 is 9.84 Å². The third-order valence-corrected chi connectivity index (χ3v) is 2.47. The first-order valence-electron chi connectivity index (χ1n) is 5.78. The number of benzene rings is 1. The van der Waals surface area contributed by atoms with Crippen LogP contribution in [-0.4, -0.2) is 31.0 Å². The van der Waals surface area contributed by atoms with Gasteiger partial charge in [-0.15, -0.1) is 0 Å². The van der Waals surface area contributed by atoms with E-state index in [0.29, 0.717) is 19.8 Å². The summed E-state index contributed by atoms with van der Waals surface area (Å²) in [7, 11) is 0. The predicted octanol–water partition coefficient (Wildman–Crippen LogP) is 1.73. The first-order valence-corrected chi connectivity index (χ1v) is 5.78. The van der Waals surface area contributed by atoms with Crippen molar-refractivity contribution in [3.63, 3.8) is 0 Å². The molecular formula is C13H21NO2. The second kappa shape index (κ2) is 7.39. The van der Waals surface area contributed by atoms with Gasteiger partial charge in [-0.2, -0.15) is 0 Å². The van der Waals surface area contributed by atoms with Crippen LogP contribution in [0, 0.1) is 0 Å². The summed E-state index contributed by atoms with van der Waals surface area (Å²) in [6.45, 7) is 5.60. The molecule has 0 bridgehead atoms. The van der Waals surface area contributed by atoms with Crippen LogP contribution in [0.2, 0.25) is 0 Å². The molecule has 0 aliphatic carbocycles. The number of hydrogen-bond acceptors (Lipinski definition) is 3. The number of aliphatic hydroxyl groups is 1. The van der Waals surface area contributed by atoms with Gasteiger partial charge in [0.25, 0.3) is 0 Å². The van der Waals surface area contributed by atoms with Crippen LogP contribution in [0.4, 0.5) is 0 Å². The number of hydrogen-bond donors (Lipinski definition) is 2. The highest BCUT2D eigenvalue weighted by molar-refractivity contribution is 5.17. The lowest BCUT2D eigenvalue weighted by molar-refractivity contribution is 0.0416. The van der Waals surface area contributed by atoms with Gasteiger partial charge < -0.3 is 15.2 Å². The summed E-state index contributed by atoms with van der Waals surface area (Å²) in [5, 5.41) is 12.9. The molecule has 0 radical (unpaired) electrons. The standard InChI is InChI=1S/C13H21NO2/c1-3-16-10-13(15)9-14-11(2)12-7-5-4-6-8-12/h4-8,11,13-15H,3,9-10H2,1-2H3/t11-,13?/m1/s1. The van der Waals surface area contributed by atoms with Crippen molar-refractivity contribution in [2.75, 3.05) is 19.8 Å². The van der Waals surface area contributed by atoms with Gasteiger partial charge in [0.15, 0.2) is 0 Å². The highest BCUT2D eigenvalue weighted by atomic mass is 16.5. The highest BCUT2D eigenvalue weighted by Crippen LogP contribution is 2.10. The summed E-state index contributed by atoms with van der Waals surface area (Å²) in [6, 6.07) is 10.4. The number of rotatable bonds is 7. The Hall–Kier alpha value is -0.900. The first kappa shape index (κ1) is 13.2. The summed E-state index contributed by atoms with van der Waals surface area (Å²) in [6.07, 6.45) is -0.439. The van der Waals surface area contributed by atoms with Crippen LogP contribution >= 0.6 is 0 Å². The van der Waals surface area contributed by atoms with Crippen LogP contribution in [0.3, 0.4) is 0 Å². The summed E-state index contributed by atoms with van der Waals surface area (Å²) in [5.41, 5.74) is 1.23. The molecule has 0 aliphatic rings. The molecule has 2 N–H and O–H groups in total. The second-order valence-corrected chi connectivity index (χ2v) is 3.85. The van der Waals surface area contributed by atoms with Gasteiger partial charge in [-0.25, -0.2) is 0 Å². The van der Waals surface area contributed by atoms with Gasteiger partial charge >= 0.3 is 0 Å². The summed E-state index contributed by atoms with van der Waals surface area (Å²) in [4.78, 5) is 0. The van der Waals surface area contributed by atoms with Crippen molar-refractivity contribution in [1.29, 1.82) is 0 Å². The van der Waals surface area contributed by atoms with E-state index >= 15 is 0 Å². The molecule has 0 fully saturated rings. The van der Waals surface area contributed by atoms with Crippen molar-refractivity contribution in [2.24, 2.45) is 0 Å². The summed E-state index contributed by atoms with van der Waals surface area (Å²) >= 11 is 0. The van der Waals surface area contributed by atoms with Gasteiger partial charge in [-0.1, -0.05) is 30.3 Å². The molecule has 0 spiro atoms. The van der Waals surface area contributed by atoms with Crippen LogP contribution < -0.4 is 5.32 Å². The molecule has 0 amide bonds. The normalized spacial score (nSPS) is 14.7. The maximum Gasteiger partial charge on any atom is 0.0897 e. The summed E-state index contributed by atoms with van der Waals surface area (Å²) < 4.78 is 5.14. The molecule has 1 rings (SSSR count). The molecule has 0 aromatic heterocycles. The molecule has 1 aromatic rings. The zero-order chi connectivity index (χ0) is 11.8. The number of nitrogens with one attached hydrogen (secondary N) is 1. The fraction of sp³-hybridized carbons (Fsp3) is 0.538. The van der Waals surface area contributed by atoms with E-state index in [1.165, 1.54) is 5.56 Å². The molecule has 0 saturated carbocycles. The topological polar surface area (TPSA) is 41.5 Å². The predicted molar refractivity (Wildman–Crippen MR) is 65.4 cm³/mol. The van der Waals surface area contributed by atoms with E-state index < -0.39 is 6.10 Å². The summed E-state index contributed by atoms with van der Waals surface area (Å²) in [5.74, 6) is 0. The molecule has 1 unspecified atom stereocenters. The lowest BCUT2D eigenvalue weighted by Crippen LogP contribution is -2.32. The van der Waals surface area contributed by atoms with Crippen molar-refractivity contribution in [3.8, 4) is 0 Å². The molecule has 3 nitrogen and oxygen atoms in total. The maximum absolute atomic E-state index is 9.59. The Morgan fingerprint density at radius 3 is 2.62 bits per heavy atom. The van der Waals surface area contributed by atoms with Crippen molar-refractivity contribution in [1.82, 2.24) is 5.32 Å². The Bertz CT molecular complexity index is 277. The Morgan fingerprint density at radius 1 is 1.31 bits per heavy atom. The zero-order valence-corrected chi connectivity index (χ0v) is 10.0. The van der Waals surface area contributed by atoms with Gasteiger partial charge in [0.2, 0.25) is 0 Å². The number of aliphatic hydroxyl groups excluding tert-OH is 1. The molecule has 1 aromatic carbocycles. The highest BCUT2D eigenvalue weighted by Gasteiger charge is 2.07. The molecule has 0 heterocycles. The minimum absolute atomic E-state index is 0.248. The molecular weight excluding hydrogens is 202 g/mol. The van der Waals surface area contributed by atoms with E-state index in [0.717, 1.165) is 0 Å². The van der Waals surface area contributed by atoms with Crippen molar-refractivity contribution >= 4 is 0 Å². The Labute approximate surface area is 97.4 Å². The quantitative estimate of drug-likeness (QED) is 0.739. The molecule has 16 heavy (non-hydrogen) atoms. The van der Waals surface area contributed by atoms with Gasteiger partial charge in [0, 0.05) is 19.2 Å². The Kier molecular flexibility index (Phi) is 6.08. The first-order chi connectivity index (χ1) is 7.74. The Balaban J connectivity index is 2.27. The van der Waals surface area contributed by atoms with E-state index in [9.17, 15) is 5.11 Å². The fourth-order valence-electron chi connectivity index (χ4n) is 1.49. The lowest BCUT2D eigenvalue weighted by Gasteiger charge is -2.17. The van der Waals surface area contributed by atoms with Crippen LogP contribution in [0.5, 0.6) is 0 Å². The van der Waals surface area contributed by atoms with E-state index in [1.807, 2.05) is 25.1 Å². The zero-order valence-electron chi connectivity index (χ0n) is 10.0. The van der Waals surface area contributed by atoms with Crippen LogP contribution in [0.15, 0.2) is 30.3 Å². The number of ether oxygens (including phenoxy) is 1. The molecule has 3 heteroatoms. The van der Waals surface area contributed by atoms with Gasteiger partial charge in [-0.3, -0.25) is 0 Å². The average molecular weight is 223 g/mol. The largest absolute Gasteiger partial charge is 0.389 e. The molecule has 0 aliphatic heterocycles. The third-order valence-electron chi connectivity index (χ3n) is 2.47. The third kappa shape index (κ3) is 4.75.